The van der Waals surface area contributed by atoms with Crippen LogP contribution in [0.5, 0.6) is 5.75 Å². The van der Waals surface area contributed by atoms with Crippen LogP contribution in [0.15, 0.2) is 18.2 Å². The monoisotopic (exact) mass is 444 g/mol. The predicted octanol–water partition coefficient (Wildman–Crippen LogP) is 4.29. The first-order chi connectivity index (χ1) is 15.0. The number of methoxy groups -OCH3 is 1. The second-order valence-electron chi connectivity index (χ2n) is 9.10. The van der Waals surface area contributed by atoms with E-state index < -0.39 is 0 Å². The van der Waals surface area contributed by atoms with Gasteiger partial charge in [0.2, 0.25) is 5.91 Å². The molecule has 1 aromatic carbocycles. The lowest BCUT2D eigenvalue weighted by molar-refractivity contribution is -0.125. The molecule has 2 atom stereocenters. The molecule has 1 N–H and O–H groups in total. The number of likely N-dealkylation sites (tertiary alicyclic amines) is 1. The maximum Gasteiger partial charge on any atom is 0.223 e. The van der Waals surface area contributed by atoms with Crippen molar-refractivity contribution < 1.29 is 9.53 Å². The van der Waals surface area contributed by atoms with E-state index in [1.807, 2.05) is 18.2 Å². The molecule has 7 heteroatoms. The lowest BCUT2D eigenvalue weighted by Gasteiger charge is -2.39. The number of piperidine rings is 2. The Kier molecular flexibility index (Phi) is 7.33. The van der Waals surface area contributed by atoms with Gasteiger partial charge in [-0.3, -0.25) is 9.69 Å². The van der Waals surface area contributed by atoms with Crippen molar-refractivity contribution >= 4 is 32.6 Å². The normalized spacial score (nSPS) is 23.3. The summed E-state index contributed by atoms with van der Waals surface area (Å²) in [6.07, 6.45) is 6.78. The van der Waals surface area contributed by atoms with Gasteiger partial charge in [0.25, 0.3) is 0 Å². The standard InChI is InChI=1S/C24H36N4O2S/c1-17-6-4-7-18(2)28(17)13-5-12-25-23(29)19-10-14-27(15-11-19)24-26-21-9-8-20(30-3)16-22(21)31-24/h8-9,16-19H,4-7,10-15H2,1-3H3,(H,25,29)/t17-,18-/m0/s1. The SMILES string of the molecule is COc1ccc2nc(N3CCC(C(=O)NCCCN4[C@@H](C)CCC[C@@H]4C)CC3)sc2c1. The van der Waals surface area contributed by atoms with Crippen LogP contribution >= 0.6 is 11.3 Å². The molecule has 2 aliphatic rings. The van der Waals surface area contributed by atoms with Crippen molar-refractivity contribution in [1.29, 1.82) is 0 Å². The molecule has 0 aliphatic carbocycles. The largest absolute Gasteiger partial charge is 0.497 e. The number of anilines is 1. The van der Waals surface area contributed by atoms with Crippen LogP contribution in [0.25, 0.3) is 10.2 Å². The van der Waals surface area contributed by atoms with Crippen molar-refractivity contribution in [3.05, 3.63) is 18.2 Å². The molecule has 0 unspecified atom stereocenters. The Morgan fingerprint density at radius 3 is 2.65 bits per heavy atom. The van der Waals surface area contributed by atoms with Crippen LogP contribution in [0, 0.1) is 5.92 Å². The molecular weight excluding hydrogens is 408 g/mol. The van der Waals surface area contributed by atoms with E-state index in [9.17, 15) is 4.79 Å². The van der Waals surface area contributed by atoms with Gasteiger partial charge in [-0.15, -0.1) is 0 Å². The van der Waals surface area contributed by atoms with Crippen LogP contribution in [0.4, 0.5) is 5.13 Å². The van der Waals surface area contributed by atoms with E-state index in [1.165, 1.54) is 19.3 Å². The number of hydrogen-bond donors (Lipinski definition) is 1. The highest BCUT2D eigenvalue weighted by molar-refractivity contribution is 7.22. The first-order valence-electron chi connectivity index (χ1n) is 11.8. The molecule has 2 saturated heterocycles. The number of ether oxygens (including phenoxy) is 1. The van der Waals surface area contributed by atoms with Crippen LogP contribution in [-0.2, 0) is 4.79 Å². The number of thiazole rings is 1. The number of nitrogens with one attached hydrogen (secondary N) is 1. The summed E-state index contributed by atoms with van der Waals surface area (Å²) in [5, 5.41) is 4.25. The molecule has 0 bridgehead atoms. The minimum Gasteiger partial charge on any atom is -0.497 e. The smallest absolute Gasteiger partial charge is 0.223 e. The molecule has 2 aromatic rings. The minimum absolute atomic E-state index is 0.124. The average molecular weight is 445 g/mol. The van der Waals surface area contributed by atoms with E-state index >= 15 is 0 Å². The van der Waals surface area contributed by atoms with Crippen LogP contribution < -0.4 is 15.0 Å². The zero-order valence-corrected chi connectivity index (χ0v) is 19.9. The van der Waals surface area contributed by atoms with E-state index in [4.69, 9.17) is 9.72 Å². The molecular formula is C24H36N4O2S. The number of fused-ring (bicyclic) bond motifs is 1. The Bertz CT molecular complexity index is 868. The summed E-state index contributed by atoms with van der Waals surface area (Å²) in [4.78, 5) is 22.4. The summed E-state index contributed by atoms with van der Waals surface area (Å²) in [5.41, 5.74) is 1.01. The predicted molar refractivity (Wildman–Crippen MR) is 128 cm³/mol. The van der Waals surface area contributed by atoms with Gasteiger partial charge in [-0.05, 0) is 64.2 Å². The van der Waals surface area contributed by atoms with Gasteiger partial charge in [0.05, 0.1) is 17.3 Å². The highest BCUT2D eigenvalue weighted by atomic mass is 32.1. The van der Waals surface area contributed by atoms with E-state index in [1.54, 1.807) is 18.4 Å². The third-order valence-corrected chi connectivity index (χ3v) is 8.07. The minimum atomic E-state index is 0.124. The van der Waals surface area contributed by atoms with E-state index in [0.29, 0.717) is 12.1 Å². The first kappa shape index (κ1) is 22.3. The molecule has 1 amide bonds. The third kappa shape index (κ3) is 5.32. The van der Waals surface area contributed by atoms with Gasteiger partial charge >= 0.3 is 0 Å². The lowest BCUT2D eigenvalue weighted by Crippen LogP contribution is -2.45. The summed E-state index contributed by atoms with van der Waals surface area (Å²) in [5.74, 6) is 1.22. The van der Waals surface area contributed by atoms with Crippen LogP contribution in [0.2, 0.25) is 0 Å². The van der Waals surface area contributed by atoms with Crippen molar-refractivity contribution in [2.75, 3.05) is 38.2 Å². The van der Waals surface area contributed by atoms with Gasteiger partial charge in [-0.2, -0.15) is 0 Å². The van der Waals surface area contributed by atoms with Gasteiger partial charge in [0.1, 0.15) is 5.75 Å². The highest BCUT2D eigenvalue weighted by Gasteiger charge is 2.27. The number of rotatable bonds is 7. The second-order valence-corrected chi connectivity index (χ2v) is 10.1. The van der Waals surface area contributed by atoms with E-state index in [2.05, 4.69) is 29.0 Å². The number of nitrogens with zero attached hydrogens (tertiary/aromatic N) is 3. The van der Waals surface area contributed by atoms with Crippen molar-refractivity contribution in [2.24, 2.45) is 5.92 Å². The molecule has 0 saturated carbocycles. The maximum absolute atomic E-state index is 12.7. The Morgan fingerprint density at radius 1 is 1.19 bits per heavy atom. The second kappa shape index (κ2) is 10.2. The average Bonchev–Trinajstić information content (AvgIpc) is 3.21. The highest BCUT2D eigenvalue weighted by Crippen LogP contribution is 2.33. The number of hydrogen-bond acceptors (Lipinski definition) is 6. The topological polar surface area (TPSA) is 57.7 Å². The molecule has 3 heterocycles. The quantitative estimate of drug-likeness (QED) is 0.646. The van der Waals surface area contributed by atoms with Gasteiger partial charge in [0, 0.05) is 44.2 Å². The van der Waals surface area contributed by atoms with Crippen molar-refractivity contribution in [1.82, 2.24) is 15.2 Å². The van der Waals surface area contributed by atoms with Gasteiger partial charge < -0.3 is 15.0 Å². The van der Waals surface area contributed by atoms with Gasteiger partial charge in [0.15, 0.2) is 5.13 Å². The summed E-state index contributed by atoms with van der Waals surface area (Å²) in [6.45, 7) is 8.32. The fourth-order valence-corrected chi connectivity index (χ4v) is 6.07. The maximum atomic E-state index is 12.7. The third-order valence-electron chi connectivity index (χ3n) is 6.99. The van der Waals surface area contributed by atoms with Crippen LogP contribution in [-0.4, -0.2) is 61.2 Å². The molecule has 31 heavy (non-hydrogen) atoms. The molecule has 170 valence electrons. The number of benzene rings is 1. The number of aromatic nitrogens is 1. The Hall–Kier alpha value is -1.86. The molecule has 2 fully saturated rings. The summed E-state index contributed by atoms with van der Waals surface area (Å²) in [7, 11) is 1.69. The van der Waals surface area contributed by atoms with Crippen molar-refractivity contribution in [2.45, 2.75) is 64.5 Å². The zero-order chi connectivity index (χ0) is 21.8. The summed E-state index contributed by atoms with van der Waals surface area (Å²) >= 11 is 1.70. The zero-order valence-electron chi connectivity index (χ0n) is 19.1. The Labute approximate surface area is 190 Å². The molecule has 6 nitrogen and oxygen atoms in total. The first-order valence-corrected chi connectivity index (χ1v) is 12.6. The fourth-order valence-electron chi connectivity index (χ4n) is 5.02. The fraction of sp³-hybridized carbons (Fsp3) is 0.667. The summed E-state index contributed by atoms with van der Waals surface area (Å²) < 4.78 is 6.47. The number of carbonyl (C=O) groups is 1. The van der Waals surface area contributed by atoms with Crippen molar-refractivity contribution in [3.63, 3.8) is 0 Å². The molecule has 4 rings (SSSR count). The Morgan fingerprint density at radius 2 is 1.94 bits per heavy atom. The van der Waals surface area contributed by atoms with E-state index in [0.717, 1.165) is 66.5 Å². The molecule has 0 spiro atoms. The Balaban J connectivity index is 1.21. The number of carbonyl (C=O) groups excluding carboxylic acids is 1. The number of amides is 1. The lowest BCUT2D eigenvalue weighted by atomic mass is 9.96. The molecule has 2 aliphatic heterocycles. The van der Waals surface area contributed by atoms with Crippen molar-refractivity contribution in [3.8, 4) is 5.75 Å². The summed E-state index contributed by atoms with van der Waals surface area (Å²) in [6, 6.07) is 7.36. The van der Waals surface area contributed by atoms with Gasteiger partial charge in [-0.1, -0.05) is 17.8 Å². The van der Waals surface area contributed by atoms with Gasteiger partial charge in [-0.25, -0.2) is 4.98 Å². The van der Waals surface area contributed by atoms with Crippen LogP contribution in [0.3, 0.4) is 0 Å². The van der Waals surface area contributed by atoms with E-state index in [-0.39, 0.29) is 11.8 Å². The van der Waals surface area contributed by atoms with Crippen LogP contribution in [0.1, 0.15) is 52.4 Å². The molecule has 1 aromatic heterocycles. The molecule has 0 radical (unpaired) electrons.